The topological polar surface area (TPSA) is 83.5 Å². The van der Waals surface area contributed by atoms with E-state index in [9.17, 15) is 9.90 Å². The maximum absolute atomic E-state index is 12.7. The van der Waals surface area contributed by atoms with Gasteiger partial charge in [-0.3, -0.25) is 4.79 Å². The first-order valence-electron chi connectivity index (χ1n) is 10.2. The summed E-state index contributed by atoms with van der Waals surface area (Å²) < 4.78 is 27.1. The first-order chi connectivity index (χ1) is 15.0. The second kappa shape index (κ2) is 9.92. The van der Waals surface area contributed by atoms with E-state index >= 15 is 0 Å². The quantitative estimate of drug-likeness (QED) is 0.644. The second-order valence-electron chi connectivity index (χ2n) is 7.51. The molecule has 3 atom stereocenters. The number of esters is 1. The number of rotatable bonds is 8. The van der Waals surface area contributed by atoms with Crippen molar-refractivity contribution in [1.29, 1.82) is 0 Å². The predicted molar refractivity (Wildman–Crippen MR) is 115 cm³/mol. The second-order valence-corrected chi connectivity index (χ2v) is 7.51. The van der Waals surface area contributed by atoms with Crippen LogP contribution in [0.25, 0.3) is 0 Å². The molecule has 0 aromatic heterocycles. The first kappa shape index (κ1) is 22.7. The molecule has 0 saturated carbocycles. The minimum absolute atomic E-state index is 0.0371. The molecule has 1 aliphatic carbocycles. The van der Waals surface area contributed by atoms with Crippen molar-refractivity contribution in [3.8, 4) is 23.0 Å². The van der Waals surface area contributed by atoms with Crippen LogP contribution < -0.4 is 18.9 Å². The predicted octanol–water partition coefficient (Wildman–Crippen LogP) is 3.20. The Morgan fingerprint density at radius 3 is 2.10 bits per heavy atom. The molecule has 168 valence electrons. The lowest BCUT2D eigenvalue weighted by atomic mass is 9.65. The molecule has 7 heteroatoms. The molecule has 2 aromatic carbocycles. The molecule has 0 heterocycles. The SMILES string of the molecule is COC(=O)[C@@H]1Cc2cc(OC)c(OC)cc2[C@H](c2ccc(OC)c(OC)c2)[C@H]1CCO. The molecule has 0 aliphatic heterocycles. The Morgan fingerprint density at radius 1 is 0.903 bits per heavy atom. The fourth-order valence-electron chi connectivity index (χ4n) is 4.65. The highest BCUT2D eigenvalue weighted by molar-refractivity contribution is 5.74. The molecule has 0 spiro atoms. The molecule has 0 radical (unpaired) electrons. The highest BCUT2D eigenvalue weighted by Gasteiger charge is 2.42. The van der Waals surface area contributed by atoms with Crippen LogP contribution in [0, 0.1) is 11.8 Å². The maximum Gasteiger partial charge on any atom is 0.309 e. The number of fused-ring (bicyclic) bond motifs is 1. The first-order valence-corrected chi connectivity index (χ1v) is 10.2. The van der Waals surface area contributed by atoms with E-state index in [0.29, 0.717) is 35.8 Å². The Labute approximate surface area is 182 Å². The summed E-state index contributed by atoms with van der Waals surface area (Å²) in [7, 11) is 7.76. The summed E-state index contributed by atoms with van der Waals surface area (Å²) in [4.78, 5) is 12.7. The average Bonchev–Trinajstić information content (AvgIpc) is 2.81. The monoisotopic (exact) mass is 430 g/mol. The van der Waals surface area contributed by atoms with Crippen molar-refractivity contribution >= 4 is 5.97 Å². The Hall–Kier alpha value is -2.93. The van der Waals surface area contributed by atoms with E-state index in [-0.39, 0.29) is 24.4 Å². The number of hydrogen-bond donors (Lipinski definition) is 1. The molecular weight excluding hydrogens is 400 g/mol. The molecule has 2 aromatic rings. The summed E-state index contributed by atoms with van der Waals surface area (Å²) in [6, 6.07) is 9.64. The molecule has 0 amide bonds. The third-order valence-corrected chi connectivity index (χ3v) is 6.10. The lowest BCUT2D eigenvalue weighted by molar-refractivity contribution is -0.148. The van der Waals surface area contributed by atoms with Gasteiger partial charge in [-0.05, 0) is 59.7 Å². The number of ether oxygens (including phenoxy) is 5. The molecular formula is C24H30O7. The summed E-state index contributed by atoms with van der Waals surface area (Å²) in [6.45, 7) is -0.0371. The van der Waals surface area contributed by atoms with Crippen molar-refractivity contribution in [2.24, 2.45) is 11.8 Å². The zero-order chi connectivity index (χ0) is 22.5. The lowest BCUT2D eigenvalue weighted by Gasteiger charge is -2.39. The van der Waals surface area contributed by atoms with Gasteiger partial charge in [0.25, 0.3) is 0 Å². The van der Waals surface area contributed by atoms with Crippen molar-refractivity contribution in [2.45, 2.75) is 18.8 Å². The highest BCUT2D eigenvalue weighted by atomic mass is 16.5. The number of methoxy groups -OCH3 is 5. The fourth-order valence-corrected chi connectivity index (χ4v) is 4.65. The van der Waals surface area contributed by atoms with Crippen LogP contribution in [0.3, 0.4) is 0 Å². The van der Waals surface area contributed by atoms with Gasteiger partial charge >= 0.3 is 5.97 Å². The molecule has 7 nitrogen and oxygen atoms in total. The van der Waals surface area contributed by atoms with Crippen molar-refractivity contribution in [1.82, 2.24) is 0 Å². The van der Waals surface area contributed by atoms with Gasteiger partial charge in [0.1, 0.15) is 0 Å². The van der Waals surface area contributed by atoms with E-state index in [1.54, 1.807) is 28.4 Å². The molecule has 0 fully saturated rings. The summed E-state index contributed by atoms with van der Waals surface area (Å²) in [6.07, 6.45) is 0.948. The number of aliphatic hydroxyl groups is 1. The molecule has 0 bridgehead atoms. The molecule has 0 saturated heterocycles. The number of aliphatic hydroxyl groups excluding tert-OH is 1. The molecule has 1 aliphatic rings. The standard InChI is InChI=1S/C24H30O7/c1-27-19-7-6-14(11-20(19)28-2)23-16(8-9-25)18(24(26)31-5)10-15-12-21(29-3)22(30-4)13-17(15)23/h6-7,11-13,16,18,23,25H,8-10H2,1-5H3/t16-,18+,23+/m0/s1. The maximum atomic E-state index is 12.7. The van der Waals surface area contributed by atoms with Crippen LogP contribution in [0.4, 0.5) is 0 Å². The van der Waals surface area contributed by atoms with E-state index in [2.05, 4.69) is 0 Å². The van der Waals surface area contributed by atoms with Crippen LogP contribution in [0.1, 0.15) is 29.0 Å². The van der Waals surface area contributed by atoms with E-state index < -0.39 is 5.92 Å². The third-order valence-electron chi connectivity index (χ3n) is 6.10. The van der Waals surface area contributed by atoms with E-state index in [1.165, 1.54) is 7.11 Å². The zero-order valence-corrected chi connectivity index (χ0v) is 18.6. The van der Waals surface area contributed by atoms with Gasteiger partial charge < -0.3 is 28.8 Å². The smallest absolute Gasteiger partial charge is 0.309 e. The molecule has 0 unspecified atom stereocenters. The van der Waals surface area contributed by atoms with Crippen molar-refractivity contribution in [3.05, 3.63) is 47.0 Å². The van der Waals surface area contributed by atoms with Gasteiger partial charge in [-0.1, -0.05) is 6.07 Å². The molecule has 31 heavy (non-hydrogen) atoms. The normalized spacial score (nSPS) is 19.9. The van der Waals surface area contributed by atoms with Crippen LogP contribution >= 0.6 is 0 Å². The van der Waals surface area contributed by atoms with Gasteiger partial charge in [0.15, 0.2) is 23.0 Å². The Morgan fingerprint density at radius 2 is 1.52 bits per heavy atom. The van der Waals surface area contributed by atoms with Crippen molar-refractivity contribution in [3.63, 3.8) is 0 Å². The largest absolute Gasteiger partial charge is 0.493 e. The van der Waals surface area contributed by atoms with Crippen molar-refractivity contribution in [2.75, 3.05) is 42.2 Å². The van der Waals surface area contributed by atoms with Gasteiger partial charge in [0, 0.05) is 12.5 Å². The minimum Gasteiger partial charge on any atom is -0.493 e. The van der Waals surface area contributed by atoms with Crippen LogP contribution in [0.5, 0.6) is 23.0 Å². The van der Waals surface area contributed by atoms with Crippen LogP contribution in [0.2, 0.25) is 0 Å². The van der Waals surface area contributed by atoms with Gasteiger partial charge in [0.05, 0.1) is 41.5 Å². The van der Waals surface area contributed by atoms with E-state index in [4.69, 9.17) is 23.7 Å². The number of benzene rings is 2. The van der Waals surface area contributed by atoms with Crippen LogP contribution in [-0.2, 0) is 16.0 Å². The van der Waals surface area contributed by atoms with E-state index in [0.717, 1.165) is 16.7 Å². The van der Waals surface area contributed by atoms with Gasteiger partial charge in [-0.2, -0.15) is 0 Å². The van der Waals surface area contributed by atoms with Crippen LogP contribution in [-0.4, -0.2) is 53.2 Å². The van der Waals surface area contributed by atoms with Gasteiger partial charge in [-0.25, -0.2) is 0 Å². The van der Waals surface area contributed by atoms with Crippen LogP contribution in [0.15, 0.2) is 30.3 Å². The minimum atomic E-state index is -0.402. The molecule has 1 N–H and O–H groups in total. The number of hydrogen-bond acceptors (Lipinski definition) is 7. The van der Waals surface area contributed by atoms with E-state index in [1.807, 2.05) is 30.3 Å². The summed E-state index contributed by atoms with van der Waals surface area (Å²) in [5.74, 6) is 1.41. The summed E-state index contributed by atoms with van der Waals surface area (Å²) in [5.41, 5.74) is 2.98. The summed E-state index contributed by atoms with van der Waals surface area (Å²) in [5, 5.41) is 9.83. The number of carbonyl (C=O) groups excluding carboxylic acids is 1. The average molecular weight is 430 g/mol. The lowest BCUT2D eigenvalue weighted by Crippen LogP contribution is -2.36. The zero-order valence-electron chi connectivity index (χ0n) is 18.6. The number of carbonyl (C=O) groups is 1. The summed E-state index contributed by atoms with van der Waals surface area (Å²) >= 11 is 0. The highest BCUT2D eigenvalue weighted by Crippen LogP contribution is 2.49. The Bertz CT molecular complexity index is 924. The Kier molecular flexibility index (Phi) is 7.28. The third kappa shape index (κ3) is 4.28. The van der Waals surface area contributed by atoms with Crippen molar-refractivity contribution < 1.29 is 33.6 Å². The van der Waals surface area contributed by atoms with Gasteiger partial charge in [0.2, 0.25) is 0 Å². The van der Waals surface area contributed by atoms with Gasteiger partial charge in [-0.15, -0.1) is 0 Å². The molecule has 3 rings (SSSR count). The fraction of sp³-hybridized carbons (Fsp3) is 0.458. The Balaban J connectivity index is 2.24.